The van der Waals surface area contributed by atoms with Gasteiger partial charge >= 0.3 is 6.18 Å². The van der Waals surface area contributed by atoms with Crippen molar-refractivity contribution in [3.8, 4) is 0 Å². The highest BCUT2D eigenvalue weighted by Crippen LogP contribution is 2.30. The summed E-state index contributed by atoms with van der Waals surface area (Å²) < 4.78 is 37.3. The summed E-state index contributed by atoms with van der Waals surface area (Å²) in [6, 6.07) is 1.40. The fourth-order valence-electron chi connectivity index (χ4n) is 1.59. The van der Waals surface area contributed by atoms with Crippen LogP contribution < -0.4 is 0 Å². The van der Waals surface area contributed by atoms with E-state index in [4.69, 9.17) is 0 Å². The molecule has 1 rings (SSSR count). The molecule has 0 amide bonds. The first-order chi connectivity index (χ1) is 7.63. The van der Waals surface area contributed by atoms with E-state index in [1.54, 1.807) is 13.8 Å². The van der Waals surface area contributed by atoms with Gasteiger partial charge in [0.25, 0.3) is 0 Å². The van der Waals surface area contributed by atoms with Crippen molar-refractivity contribution in [2.45, 2.75) is 38.8 Å². The summed E-state index contributed by atoms with van der Waals surface area (Å²) in [5, 5.41) is 0. The molecule has 0 unspecified atom stereocenters. The molecule has 0 saturated heterocycles. The topological polar surface area (TPSA) is 42.9 Å². The maximum atomic E-state index is 12.4. The fourth-order valence-corrected chi connectivity index (χ4v) is 1.59. The number of rotatable bonds is 3. The molecule has 6 heteroatoms. The van der Waals surface area contributed by atoms with Crippen molar-refractivity contribution in [2.24, 2.45) is 0 Å². The monoisotopic (exact) mass is 246 g/mol. The average molecular weight is 246 g/mol. The van der Waals surface area contributed by atoms with Crippen LogP contribution in [0.15, 0.2) is 12.3 Å². The Hall–Kier alpha value is -1.46. The lowest BCUT2D eigenvalue weighted by Crippen LogP contribution is -2.24. The van der Waals surface area contributed by atoms with Crippen molar-refractivity contribution in [3.05, 3.63) is 23.8 Å². The van der Waals surface area contributed by atoms with Crippen molar-refractivity contribution in [2.75, 3.05) is 0 Å². The number of halogens is 3. The summed E-state index contributed by atoms with van der Waals surface area (Å²) in [4.78, 5) is 17.7. The van der Waals surface area contributed by atoms with Gasteiger partial charge in [0.2, 0.25) is 5.82 Å². The first-order valence-corrected chi connectivity index (χ1v) is 5.03. The molecule has 0 radical (unpaired) electrons. The first kappa shape index (κ1) is 13.6. The van der Waals surface area contributed by atoms with Crippen LogP contribution in [0.2, 0.25) is 0 Å². The lowest BCUT2D eigenvalue weighted by Gasteiger charge is -2.22. The van der Waals surface area contributed by atoms with Crippen molar-refractivity contribution < 1.29 is 18.0 Å². The van der Waals surface area contributed by atoms with Crippen LogP contribution >= 0.6 is 0 Å². The third-order valence-corrected chi connectivity index (χ3v) is 2.29. The number of hydrogen-bond acceptors (Lipinski definition) is 3. The second kappa shape index (κ2) is 4.43. The molecule has 0 atom stereocenters. The van der Waals surface area contributed by atoms with Gasteiger partial charge in [0, 0.05) is 18.0 Å². The molecule has 0 aliphatic carbocycles. The van der Waals surface area contributed by atoms with Gasteiger partial charge in [0.1, 0.15) is 5.78 Å². The van der Waals surface area contributed by atoms with Gasteiger partial charge in [0.15, 0.2) is 0 Å². The Morgan fingerprint density at radius 3 is 2.41 bits per heavy atom. The zero-order valence-electron chi connectivity index (χ0n) is 9.80. The Kier molecular flexibility index (Phi) is 3.54. The molecular weight excluding hydrogens is 233 g/mol. The highest BCUT2D eigenvalue weighted by atomic mass is 19.4. The molecule has 0 N–H and O–H groups in total. The molecule has 0 bridgehead atoms. The molecular formula is C11H13F3N2O. The number of alkyl halides is 3. The number of Topliss-reactive ketones (excluding diaryl/α,β-unsaturated/α-hetero) is 1. The predicted octanol–water partition coefficient (Wildman–Crippen LogP) is 2.75. The van der Waals surface area contributed by atoms with Gasteiger partial charge in [0.05, 0.1) is 5.69 Å². The maximum absolute atomic E-state index is 12.4. The summed E-state index contributed by atoms with van der Waals surface area (Å²) >= 11 is 0. The molecule has 0 aliphatic heterocycles. The van der Waals surface area contributed by atoms with Crippen LogP contribution in [0.5, 0.6) is 0 Å². The number of ketones is 1. The van der Waals surface area contributed by atoms with Crippen LogP contribution in [0.1, 0.15) is 38.7 Å². The average Bonchev–Trinajstić information content (AvgIpc) is 2.14. The van der Waals surface area contributed by atoms with Crippen LogP contribution in [0.25, 0.3) is 0 Å². The number of carbonyl (C=O) groups excluding carboxylic acids is 1. The molecule has 1 heterocycles. The van der Waals surface area contributed by atoms with Crippen molar-refractivity contribution in [1.82, 2.24) is 9.97 Å². The van der Waals surface area contributed by atoms with E-state index in [0.29, 0.717) is 0 Å². The third-order valence-electron chi connectivity index (χ3n) is 2.29. The SMILES string of the molecule is CC(=O)CC(C)(C)c1ccnc(C(F)(F)F)n1. The minimum Gasteiger partial charge on any atom is -0.300 e. The molecule has 0 aliphatic rings. The third kappa shape index (κ3) is 3.51. The fraction of sp³-hybridized carbons (Fsp3) is 0.545. The van der Waals surface area contributed by atoms with Gasteiger partial charge in [-0.1, -0.05) is 13.8 Å². The van der Waals surface area contributed by atoms with E-state index in [0.717, 1.165) is 6.20 Å². The summed E-state index contributed by atoms with van der Waals surface area (Å²) in [6.45, 7) is 4.75. The van der Waals surface area contributed by atoms with Crippen molar-refractivity contribution in [1.29, 1.82) is 0 Å². The van der Waals surface area contributed by atoms with Gasteiger partial charge in [-0.3, -0.25) is 4.79 Å². The van der Waals surface area contributed by atoms with E-state index >= 15 is 0 Å². The predicted molar refractivity (Wildman–Crippen MR) is 55.4 cm³/mol. The molecule has 1 aromatic rings. The Labute approximate surface area is 97.1 Å². The maximum Gasteiger partial charge on any atom is 0.451 e. The molecule has 1 aromatic heterocycles. The van der Waals surface area contributed by atoms with Gasteiger partial charge in [-0.25, -0.2) is 9.97 Å². The number of aromatic nitrogens is 2. The van der Waals surface area contributed by atoms with Gasteiger partial charge in [-0.2, -0.15) is 13.2 Å². The number of carbonyl (C=O) groups is 1. The summed E-state index contributed by atoms with van der Waals surface area (Å²) in [5.74, 6) is -1.27. The Morgan fingerprint density at radius 1 is 1.35 bits per heavy atom. The van der Waals surface area contributed by atoms with Crippen LogP contribution in [-0.2, 0) is 16.4 Å². The molecule has 94 valence electrons. The largest absolute Gasteiger partial charge is 0.451 e. The van der Waals surface area contributed by atoms with Gasteiger partial charge in [-0.05, 0) is 13.0 Å². The number of hydrogen-bond donors (Lipinski definition) is 0. The van der Waals surface area contributed by atoms with Crippen LogP contribution in [0.4, 0.5) is 13.2 Å². The Balaban J connectivity index is 3.11. The smallest absolute Gasteiger partial charge is 0.300 e. The van der Waals surface area contributed by atoms with Crippen molar-refractivity contribution in [3.63, 3.8) is 0 Å². The lowest BCUT2D eigenvalue weighted by molar-refractivity contribution is -0.145. The minimum absolute atomic E-state index is 0.0952. The summed E-state index contributed by atoms with van der Waals surface area (Å²) in [5.41, 5.74) is -0.510. The highest BCUT2D eigenvalue weighted by Gasteiger charge is 2.36. The zero-order valence-corrected chi connectivity index (χ0v) is 9.80. The van der Waals surface area contributed by atoms with E-state index in [9.17, 15) is 18.0 Å². The standard InChI is InChI=1S/C11H13F3N2O/c1-7(17)6-10(2,3)8-4-5-15-9(16-8)11(12,13)14/h4-5H,6H2,1-3H3. The van der Waals surface area contributed by atoms with E-state index in [2.05, 4.69) is 9.97 Å². The molecule has 0 spiro atoms. The van der Waals surface area contributed by atoms with E-state index in [-0.39, 0.29) is 17.9 Å². The van der Waals surface area contributed by atoms with Gasteiger partial charge < -0.3 is 0 Å². The Bertz CT molecular complexity index is 427. The summed E-state index contributed by atoms with van der Waals surface area (Å²) in [7, 11) is 0. The zero-order chi connectivity index (χ0) is 13.3. The summed E-state index contributed by atoms with van der Waals surface area (Å²) in [6.07, 6.45) is -3.36. The lowest BCUT2D eigenvalue weighted by atomic mass is 9.84. The second-order valence-electron chi connectivity index (χ2n) is 4.53. The molecule has 0 fully saturated rings. The van der Waals surface area contributed by atoms with Crippen LogP contribution in [-0.4, -0.2) is 15.8 Å². The quantitative estimate of drug-likeness (QED) is 0.823. The van der Waals surface area contributed by atoms with Gasteiger partial charge in [-0.15, -0.1) is 0 Å². The first-order valence-electron chi connectivity index (χ1n) is 5.03. The van der Waals surface area contributed by atoms with E-state index < -0.39 is 17.4 Å². The highest BCUT2D eigenvalue weighted by molar-refractivity contribution is 5.76. The molecule has 0 saturated carbocycles. The number of nitrogens with zero attached hydrogens (tertiary/aromatic N) is 2. The normalized spacial score (nSPS) is 12.6. The molecule has 17 heavy (non-hydrogen) atoms. The molecule has 3 nitrogen and oxygen atoms in total. The minimum atomic E-state index is -4.57. The second-order valence-corrected chi connectivity index (χ2v) is 4.53. The van der Waals surface area contributed by atoms with E-state index in [1.807, 2.05) is 0 Å². The Morgan fingerprint density at radius 2 is 1.94 bits per heavy atom. The van der Waals surface area contributed by atoms with Crippen LogP contribution in [0.3, 0.4) is 0 Å². The molecule has 0 aromatic carbocycles. The van der Waals surface area contributed by atoms with Crippen molar-refractivity contribution >= 4 is 5.78 Å². The van der Waals surface area contributed by atoms with Crippen LogP contribution in [0, 0.1) is 0 Å². The van der Waals surface area contributed by atoms with E-state index in [1.165, 1.54) is 13.0 Å².